The number of thiazole rings is 1. The molecular formula is C55H58ClF4N9O6S. The van der Waals surface area contributed by atoms with Crippen molar-refractivity contribution in [1.29, 1.82) is 0 Å². The summed E-state index contributed by atoms with van der Waals surface area (Å²) in [5, 5.41) is 20.6. The standard InChI is InChI=1S/C55H58ClF4N9O6S/c1-29-43-40(26-37(58)47(56)46(43)45-34(51(61)72)9-11-39(48(45)59)74-23-22-70)75-55(29,32-6-4-3-5-7-32)28-62-33-8-10-38-41(24-33)76-54(63-38)68-19-12-30(13-20-68)27-67-17-14-31(15-18-67)44-36(57)25-35-50(49(44)60)66(2)65-52(35)69-21-16-42(71)64-53(69)73/h3-7,9,11,25-26,29-31,33,62,70H,8,10,12-24,27-28H2,1-2H3,(H2,61,72)(H,64,71,73)/t29-,33-,55-/m0/s1. The van der Waals surface area contributed by atoms with E-state index >= 15 is 17.6 Å². The summed E-state index contributed by atoms with van der Waals surface area (Å²) in [4.78, 5) is 49.5. The number of primary amides is 1. The van der Waals surface area contributed by atoms with Crippen LogP contribution in [0.25, 0.3) is 22.0 Å². The molecule has 3 atom stereocenters. The zero-order valence-corrected chi connectivity index (χ0v) is 43.6. The number of halogens is 5. The highest BCUT2D eigenvalue weighted by atomic mass is 35.5. The maximum Gasteiger partial charge on any atom is 0.329 e. The molecule has 21 heteroatoms. The summed E-state index contributed by atoms with van der Waals surface area (Å²) < 4.78 is 78.3. The van der Waals surface area contributed by atoms with Gasteiger partial charge in [-0.05, 0) is 93.6 Å². The Kier molecular flexibility index (Phi) is 14.2. The number of aryl methyl sites for hydroxylation is 2. The lowest BCUT2D eigenvalue weighted by Crippen LogP contribution is -2.49. The van der Waals surface area contributed by atoms with Crippen LogP contribution in [0, 0.1) is 29.2 Å². The lowest BCUT2D eigenvalue weighted by atomic mass is 9.77. The van der Waals surface area contributed by atoms with Gasteiger partial charge in [0.1, 0.15) is 29.5 Å². The topological polar surface area (TPSA) is 180 Å². The van der Waals surface area contributed by atoms with Crippen LogP contribution in [0.1, 0.15) is 94.9 Å². The Bertz CT molecular complexity index is 3260. The highest BCUT2D eigenvalue weighted by molar-refractivity contribution is 7.15. The summed E-state index contributed by atoms with van der Waals surface area (Å²) in [6.45, 7) is 5.80. The number of carbonyl (C=O) groups is 3. The number of anilines is 2. The molecule has 1 aliphatic carbocycles. The number of likely N-dealkylation sites (tertiary alicyclic amines) is 1. The van der Waals surface area contributed by atoms with E-state index in [1.807, 2.05) is 37.3 Å². The smallest absolute Gasteiger partial charge is 0.329 e. The van der Waals surface area contributed by atoms with Crippen molar-refractivity contribution in [3.63, 3.8) is 0 Å². The van der Waals surface area contributed by atoms with Crippen molar-refractivity contribution in [3.8, 4) is 22.6 Å². The minimum atomic E-state index is -1.11. The number of aliphatic hydroxyl groups excluding tert-OH is 1. The Morgan fingerprint density at radius 1 is 0.961 bits per heavy atom. The Balaban J connectivity index is 0.727. The van der Waals surface area contributed by atoms with Gasteiger partial charge in [-0.25, -0.2) is 27.3 Å². The number of amides is 4. The van der Waals surface area contributed by atoms with Gasteiger partial charge in [0.05, 0.1) is 28.3 Å². The van der Waals surface area contributed by atoms with E-state index in [2.05, 4.69) is 25.5 Å². The number of aliphatic hydroxyl groups is 1. The molecule has 5 N–H and O–H groups in total. The molecule has 0 radical (unpaired) electrons. The predicted octanol–water partition coefficient (Wildman–Crippen LogP) is 8.46. The van der Waals surface area contributed by atoms with E-state index in [4.69, 9.17) is 31.8 Å². The monoisotopic (exact) mass is 1080 g/mol. The molecule has 5 aliphatic rings. The molecule has 0 unspecified atom stereocenters. The van der Waals surface area contributed by atoms with E-state index < -0.39 is 57.7 Å². The summed E-state index contributed by atoms with van der Waals surface area (Å²) in [6.07, 6.45) is 5.64. The van der Waals surface area contributed by atoms with E-state index in [-0.39, 0.29) is 88.6 Å². The van der Waals surface area contributed by atoms with Gasteiger partial charge in [0.25, 0.3) is 0 Å². The summed E-state index contributed by atoms with van der Waals surface area (Å²) in [5.74, 6) is -4.86. The van der Waals surface area contributed by atoms with Crippen LogP contribution in [0.3, 0.4) is 0 Å². The minimum absolute atomic E-state index is 0.0526. The van der Waals surface area contributed by atoms with Gasteiger partial charge in [0.2, 0.25) is 11.8 Å². The fourth-order valence-electron chi connectivity index (χ4n) is 12.2. The first-order valence-electron chi connectivity index (χ1n) is 25.9. The average Bonchev–Trinajstić information content (AvgIpc) is 4.18. The van der Waals surface area contributed by atoms with E-state index in [1.165, 1.54) is 38.7 Å². The van der Waals surface area contributed by atoms with Crippen LogP contribution in [-0.2, 0) is 30.3 Å². The second kappa shape index (κ2) is 20.9. The lowest BCUT2D eigenvalue weighted by Gasteiger charge is -2.38. The van der Waals surface area contributed by atoms with Gasteiger partial charge in [-0.2, -0.15) is 5.10 Å². The Morgan fingerprint density at radius 2 is 1.72 bits per heavy atom. The van der Waals surface area contributed by atoms with Gasteiger partial charge in [-0.3, -0.25) is 24.5 Å². The molecule has 0 spiro atoms. The van der Waals surface area contributed by atoms with Gasteiger partial charge in [0.15, 0.2) is 33.9 Å². The number of benzene rings is 4. The normalized spacial score (nSPS) is 21.5. The number of aromatic nitrogens is 3. The van der Waals surface area contributed by atoms with Crippen molar-refractivity contribution in [2.45, 2.75) is 81.8 Å². The molecule has 6 aromatic rings. The first-order chi connectivity index (χ1) is 36.6. The molecule has 6 heterocycles. The maximum atomic E-state index is 16.5. The number of piperidine rings is 2. The molecule has 0 saturated carbocycles. The molecule has 76 heavy (non-hydrogen) atoms. The zero-order chi connectivity index (χ0) is 53.2. The molecule has 0 bridgehead atoms. The molecule has 3 fully saturated rings. The molecule has 11 rings (SSSR count). The van der Waals surface area contributed by atoms with Gasteiger partial charge in [0, 0.05) is 91.3 Å². The molecule has 4 aliphatic heterocycles. The van der Waals surface area contributed by atoms with Crippen LogP contribution in [0.5, 0.6) is 11.5 Å². The van der Waals surface area contributed by atoms with Crippen LogP contribution in [0.2, 0.25) is 5.02 Å². The lowest BCUT2D eigenvalue weighted by molar-refractivity contribution is -0.120. The van der Waals surface area contributed by atoms with Gasteiger partial charge in [-0.1, -0.05) is 48.9 Å². The van der Waals surface area contributed by atoms with Crippen LogP contribution in [0.15, 0.2) is 54.6 Å². The number of fused-ring (bicyclic) bond motifs is 3. The molecule has 4 aromatic carbocycles. The van der Waals surface area contributed by atoms with Crippen LogP contribution in [0.4, 0.5) is 33.3 Å². The summed E-state index contributed by atoms with van der Waals surface area (Å²) in [7, 11) is 1.57. The summed E-state index contributed by atoms with van der Waals surface area (Å²) in [5.41, 5.74) is 6.61. The molecular weight excluding hydrogens is 1030 g/mol. The minimum Gasteiger partial charge on any atom is -0.488 e. The van der Waals surface area contributed by atoms with Gasteiger partial charge < -0.3 is 35.4 Å². The number of nitrogens with zero attached hydrogens (tertiary/aromatic N) is 6. The van der Waals surface area contributed by atoms with Crippen molar-refractivity contribution < 1.29 is 46.5 Å². The number of hydrogen-bond acceptors (Lipinski definition) is 12. The van der Waals surface area contributed by atoms with Crippen LogP contribution in [-0.4, -0.2) is 108 Å². The molecule has 4 amide bonds. The second-order valence-electron chi connectivity index (χ2n) is 20.7. The number of nitrogens with two attached hydrogens (primary N) is 1. The molecule has 2 aromatic heterocycles. The zero-order valence-electron chi connectivity index (χ0n) is 42.1. The van der Waals surface area contributed by atoms with Crippen molar-refractivity contribution in [2.75, 3.05) is 68.8 Å². The van der Waals surface area contributed by atoms with Crippen molar-refractivity contribution in [2.24, 2.45) is 18.7 Å². The SMILES string of the molecule is C[C@H]1c2c(cc(F)c(Cl)c2-c2c(C(N)=O)ccc(OCCO)c2F)O[C@]1(CN[C@H]1CCc2nc(N3CCC(CN4CCC(c5c(F)cc6c(N7CCC(=O)NC7=O)nn(C)c6c5F)CC4)CC3)sc2C1)c1ccccc1. The number of rotatable bonds is 14. The number of nitrogens with one attached hydrogen (secondary N) is 2. The van der Waals surface area contributed by atoms with Crippen LogP contribution >= 0.6 is 22.9 Å². The van der Waals surface area contributed by atoms with Gasteiger partial charge in [-0.15, -0.1) is 11.3 Å². The van der Waals surface area contributed by atoms with Crippen molar-refractivity contribution >= 4 is 62.6 Å². The number of ether oxygens (including phenoxy) is 2. The number of carbonyl (C=O) groups excluding carboxylic acids is 3. The van der Waals surface area contributed by atoms with Crippen molar-refractivity contribution in [3.05, 3.63) is 116 Å². The quantitative estimate of drug-likeness (QED) is 0.0769. The number of urea groups is 1. The third kappa shape index (κ3) is 9.32. The first-order valence-corrected chi connectivity index (χ1v) is 27.1. The first kappa shape index (κ1) is 51.8. The molecule has 15 nitrogen and oxygen atoms in total. The van der Waals surface area contributed by atoms with Gasteiger partial charge >= 0.3 is 6.03 Å². The third-order valence-corrected chi connectivity index (χ3v) is 17.8. The number of imide groups is 1. The Labute approximate surface area is 445 Å². The maximum absolute atomic E-state index is 16.5. The fourth-order valence-corrected chi connectivity index (χ4v) is 13.7. The predicted molar refractivity (Wildman–Crippen MR) is 280 cm³/mol. The third-order valence-electron chi connectivity index (χ3n) is 16.2. The van der Waals surface area contributed by atoms with E-state index in [9.17, 15) is 19.5 Å². The summed E-state index contributed by atoms with van der Waals surface area (Å²) >= 11 is 8.48. The average molecular weight is 1080 g/mol. The van der Waals surface area contributed by atoms with E-state index in [1.54, 1.807) is 18.4 Å². The Hall–Kier alpha value is -6.32. The molecule has 3 saturated heterocycles. The van der Waals surface area contributed by atoms with E-state index in [0.29, 0.717) is 30.9 Å². The highest BCUT2D eigenvalue weighted by Crippen LogP contribution is 2.57. The Morgan fingerprint density at radius 3 is 2.45 bits per heavy atom. The summed E-state index contributed by atoms with van der Waals surface area (Å²) in [6, 6.07) is 14.0. The van der Waals surface area contributed by atoms with Crippen molar-refractivity contribution in [1.82, 2.24) is 30.3 Å². The largest absolute Gasteiger partial charge is 0.488 e. The number of hydrogen-bond donors (Lipinski definition) is 4. The van der Waals surface area contributed by atoms with Crippen LogP contribution < -0.4 is 35.6 Å². The highest BCUT2D eigenvalue weighted by Gasteiger charge is 2.50. The molecule has 400 valence electrons. The second-order valence-corrected chi connectivity index (χ2v) is 22.1. The van der Waals surface area contributed by atoms with E-state index in [0.717, 1.165) is 81.2 Å². The fraction of sp³-hybridized carbons (Fsp3) is 0.436.